The minimum Gasteiger partial charge on any atom is -0.482 e. The number of carbonyl (C=O) groups is 1. The van der Waals surface area contributed by atoms with Crippen molar-refractivity contribution in [2.75, 3.05) is 5.73 Å². The zero-order chi connectivity index (χ0) is 22.1. The Labute approximate surface area is 179 Å². The summed E-state index contributed by atoms with van der Waals surface area (Å²) >= 11 is 0. The number of halogens is 1. The van der Waals surface area contributed by atoms with E-state index < -0.39 is 11.9 Å². The van der Waals surface area contributed by atoms with E-state index in [0.29, 0.717) is 53.0 Å². The highest BCUT2D eigenvalue weighted by Crippen LogP contribution is 2.35. The average Bonchev–Trinajstić information content (AvgIpc) is 3.07. The SMILES string of the molecule is C[C@H]1Oc2cc(cnc2N)-c2c(nn(C)c2C#N)CCCCC(=O)c2ccc(F)cc21. The van der Waals surface area contributed by atoms with Crippen LogP contribution in [0.4, 0.5) is 10.2 Å². The van der Waals surface area contributed by atoms with Crippen LogP contribution < -0.4 is 10.5 Å². The highest BCUT2D eigenvalue weighted by Gasteiger charge is 2.23. The summed E-state index contributed by atoms with van der Waals surface area (Å²) < 4.78 is 21.6. The molecule has 0 unspecified atom stereocenters. The number of anilines is 1. The van der Waals surface area contributed by atoms with Crippen molar-refractivity contribution in [3.8, 4) is 22.9 Å². The first-order chi connectivity index (χ1) is 14.9. The summed E-state index contributed by atoms with van der Waals surface area (Å²) in [6.07, 6.45) is 3.25. The number of pyridine rings is 1. The number of ether oxygens (including phenoxy) is 1. The summed E-state index contributed by atoms with van der Waals surface area (Å²) in [5.41, 5.74) is 9.48. The standard InChI is InChI=1S/C23H22FN5O2/c1-13-17-10-15(24)7-8-16(17)20(30)6-4-3-5-18-22(19(11-25)29(2)28-18)14-9-21(31-13)23(26)27-12-14/h7-10,12-13H,3-6H2,1-2H3,(H2,26,27)/t13-/m1/s1. The first-order valence-corrected chi connectivity index (χ1v) is 10.1. The van der Waals surface area contributed by atoms with E-state index in [0.717, 1.165) is 12.1 Å². The van der Waals surface area contributed by atoms with Crippen molar-refractivity contribution in [2.24, 2.45) is 7.05 Å². The van der Waals surface area contributed by atoms with E-state index >= 15 is 0 Å². The number of aryl methyl sites for hydroxylation is 2. The lowest BCUT2D eigenvalue weighted by Crippen LogP contribution is -2.12. The zero-order valence-corrected chi connectivity index (χ0v) is 17.4. The fourth-order valence-corrected chi connectivity index (χ4v) is 3.96. The molecule has 1 aliphatic rings. The van der Waals surface area contributed by atoms with Gasteiger partial charge in [0.2, 0.25) is 0 Å². The van der Waals surface area contributed by atoms with Crippen molar-refractivity contribution < 1.29 is 13.9 Å². The van der Waals surface area contributed by atoms with E-state index in [1.165, 1.54) is 18.2 Å². The van der Waals surface area contributed by atoms with Crippen LogP contribution in [0.15, 0.2) is 30.5 Å². The number of aromatic nitrogens is 3. The molecule has 31 heavy (non-hydrogen) atoms. The van der Waals surface area contributed by atoms with Crippen molar-refractivity contribution in [3.05, 3.63) is 58.8 Å². The lowest BCUT2D eigenvalue weighted by molar-refractivity contribution is 0.0974. The highest BCUT2D eigenvalue weighted by atomic mass is 19.1. The van der Waals surface area contributed by atoms with Gasteiger partial charge in [-0.2, -0.15) is 10.4 Å². The monoisotopic (exact) mass is 419 g/mol. The lowest BCUT2D eigenvalue weighted by atomic mass is 9.95. The molecular formula is C23H22FN5O2. The number of hydrogen-bond donors (Lipinski definition) is 1. The van der Waals surface area contributed by atoms with Crippen LogP contribution in [0.1, 0.15) is 59.6 Å². The average molecular weight is 419 g/mol. The molecule has 1 aliphatic heterocycles. The number of rotatable bonds is 0. The minimum absolute atomic E-state index is 0.0682. The van der Waals surface area contributed by atoms with Gasteiger partial charge in [0, 0.05) is 41.9 Å². The number of nitriles is 1. The molecule has 3 heterocycles. The molecule has 2 aromatic heterocycles. The third-order valence-corrected chi connectivity index (χ3v) is 5.52. The van der Waals surface area contributed by atoms with Crippen molar-refractivity contribution in [3.63, 3.8) is 0 Å². The molecule has 0 aliphatic carbocycles. The van der Waals surface area contributed by atoms with Gasteiger partial charge in [0.1, 0.15) is 23.7 Å². The van der Waals surface area contributed by atoms with Crippen LogP contribution in [0, 0.1) is 17.1 Å². The van der Waals surface area contributed by atoms with Gasteiger partial charge in [-0.05, 0) is 50.5 Å². The molecular weight excluding hydrogens is 397 g/mol. The van der Waals surface area contributed by atoms with Gasteiger partial charge in [0.05, 0.1) is 5.69 Å². The largest absolute Gasteiger partial charge is 0.482 e. The molecule has 4 rings (SSSR count). The number of Topliss-reactive ketones (excluding diaryl/α,β-unsaturated/α-hetero) is 1. The van der Waals surface area contributed by atoms with Crippen LogP contribution in [-0.2, 0) is 13.5 Å². The number of ketones is 1. The normalized spacial score (nSPS) is 16.5. The van der Waals surface area contributed by atoms with Crippen molar-refractivity contribution in [1.29, 1.82) is 5.26 Å². The van der Waals surface area contributed by atoms with Gasteiger partial charge in [-0.1, -0.05) is 0 Å². The smallest absolute Gasteiger partial charge is 0.166 e. The third-order valence-electron chi connectivity index (χ3n) is 5.52. The molecule has 0 saturated carbocycles. The second-order valence-corrected chi connectivity index (χ2v) is 7.64. The second-order valence-electron chi connectivity index (χ2n) is 7.64. The predicted molar refractivity (Wildman–Crippen MR) is 113 cm³/mol. The molecule has 0 radical (unpaired) electrons. The number of fused-ring (bicyclic) bond motifs is 5. The molecule has 158 valence electrons. The Balaban J connectivity index is 1.87. The lowest BCUT2D eigenvalue weighted by Gasteiger charge is -2.20. The van der Waals surface area contributed by atoms with Crippen LogP contribution in [0.3, 0.4) is 0 Å². The van der Waals surface area contributed by atoms with E-state index in [2.05, 4.69) is 16.2 Å². The molecule has 2 N–H and O–H groups in total. The summed E-state index contributed by atoms with van der Waals surface area (Å²) in [5.74, 6) is -0.0534. The molecule has 1 aromatic carbocycles. The van der Waals surface area contributed by atoms with Crippen LogP contribution in [0.5, 0.6) is 5.75 Å². The topological polar surface area (TPSA) is 107 Å². The van der Waals surface area contributed by atoms with E-state index in [-0.39, 0.29) is 11.6 Å². The first kappa shape index (κ1) is 20.5. The highest BCUT2D eigenvalue weighted by molar-refractivity contribution is 5.97. The van der Waals surface area contributed by atoms with E-state index in [1.54, 1.807) is 30.9 Å². The van der Waals surface area contributed by atoms with Crippen LogP contribution in [-0.4, -0.2) is 20.5 Å². The Bertz CT molecular complexity index is 1210. The van der Waals surface area contributed by atoms with Crippen LogP contribution in [0.25, 0.3) is 11.1 Å². The maximum absolute atomic E-state index is 14.0. The fraction of sp³-hybridized carbons (Fsp3) is 0.304. The summed E-state index contributed by atoms with van der Waals surface area (Å²) in [6.45, 7) is 1.74. The fourth-order valence-electron chi connectivity index (χ4n) is 3.96. The van der Waals surface area contributed by atoms with Gasteiger partial charge < -0.3 is 10.5 Å². The summed E-state index contributed by atoms with van der Waals surface area (Å²) in [4.78, 5) is 17.1. The number of nitrogens with two attached hydrogens (primary N) is 1. The molecule has 1 atom stereocenters. The number of benzene rings is 1. The number of nitrogens with zero attached hydrogens (tertiary/aromatic N) is 4. The van der Waals surface area contributed by atoms with Gasteiger partial charge in [0.25, 0.3) is 0 Å². The van der Waals surface area contributed by atoms with E-state index in [1.807, 2.05) is 0 Å². The molecule has 0 amide bonds. The Kier molecular flexibility index (Phi) is 5.42. The van der Waals surface area contributed by atoms with E-state index in [9.17, 15) is 14.4 Å². The number of hydrogen-bond acceptors (Lipinski definition) is 6. The summed E-state index contributed by atoms with van der Waals surface area (Å²) in [5, 5.41) is 14.2. The van der Waals surface area contributed by atoms with Crippen LogP contribution >= 0.6 is 0 Å². The molecule has 2 bridgehead atoms. The number of nitrogen functional groups attached to an aromatic ring is 1. The molecule has 8 heteroatoms. The number of carbonyl (C=O) groups excluding carboxylic acids is 1. The minimum atomic E-state index is -0.638. The second kappa shape index (κ2) is 8.19. The molecule has 0 fully saturated rings. The Morgan fingerprint density at radius 2 is 2.06 bits per heavy atom. The Morgan fingerprint density at radius 1 is 1.29 bits per heavy atom. The summed E-state index contributed by atoms with van der Waals surface area (Å²) in [7, 11) is 1.72. The maximum atomic E-state index is 14.0. The quantitative estimate of drug-likeness (QED) is 0.587. The molecule has 3 aromatic rings. The van der Waals surface area contributed by atoms with Gasteiger partial charge in [-0.3, -0.25) is 9.48 Å². The molecule has 0 spiro atoms. The zero-order valence-electron chi connectivity index (χ0n) is 17.4. The van der Waals surface area contributed by atoms with Gasteiger partial charge in [0.15, 0.2) is 17.4 Å². The van der Waals surface area contributed by atoms with Crippen LogP contribution in [0.2, 0.25) is 0 Å². The third kappa shape index (κ3) is 3.87. The van der Waals surface area contributed by atoms with Crippen molar-refractivity contribution in [1.82, 2.24) is 14.8 Å². The summed E-state index contributed by atoms with van der Waals surface area (Å²) in [6, 6.07) is 8.03. The van der Waals surface area contributed by atoms with Gasteiger partial charge in [-0.25, -0.2) is 9.37 Å². The Hall–Kier alpha value is -3.73. The van der Waals surface area contributed by atoms with Crippen molar-refractivity contribution in [2.45, 2.75) is 38.7 Å². The van der Waals surface area contributed by atoms with Gasteiger partial charge >= 0.3 is 0 Å². The first-order valence-electron chi connectivity index (χ1n) is 10.1. The van der Waals surface area contributed by atoms with Gasteiger partial charge in [-0.15, -0.1) is 0 Å². The molecule has 0 saturated heterocycles. The molecule has 7 nitrogen and oxygen atoms in total. The van der Waals surface area contributed by atoms with Crippen molar-refractivity contribution >= 4 is 11.6 Å². The maximum Gasteiger partial charge on any atom is 0.166 e. The predicted octanol–water partition coefficient (Wildman–Crippen LogP) is 4.12. The Morgan fingerprint density at radius 3 is 2.84 bits per heavy atom. The van der Waals surface area contributed by atoms with E-state index in [4.69, 9.17) is 10.5 Å².